The average Bonchev–Trinajstić information content (AvgIpc) is 3.16. The van der Waals surface area contributed by atoms with Gasteiger partial charge < -0.3 is 5.32 Å². The third-order valence-corrected chi connectivity index (χ3v) is 6.85. The molecule has 3 fully saturated rings. The van der Waals surface area contributed by atoms with Crippen LogP contribution in [0.3, 0.4) is 0 Å². The van der Waals surface area contributed by atoms with Crippen LogP contribution < -0.4 is 21.5 Å². The summed E-state index contributed by atoms with van der Waals surface area (Å²) in [6.07, 6.45) is -1.23. The predicted molar refractivity (Wildman–Crippen MR) is 116 cm³/mol. The van der Waals surface area contributed by atoms with Gasteiger partial charge in [-0.25, -0.2) is 18.6 Å². The second kappa shape index (κ2) is 11.2. The summed E-state index contributed by atoms with van der Waals surface area (Å²) in [7, 11) is 0. The molecule has 10 heteroatoms. The Balaban J connectivity index is 1.56. The quantitative estimate of drug-likeness (QED) is 0.286. The van der Waals surface area contributed by atoms with E-state index < -0.39 is 29.8 Å². The van der Waals surface area contributed by atoms with Gasteiger partial charge >= 0.3 is 0 Å². The molecule has 1 aliphatic heterocycles. The minimum absolute atomic E-state index is 0.0122. The maximum absolute atomic E-state index is 14.0. The third-order valence-electron chi connectivity index (χ3n) is 6.36. The fraction of sp³-hybridized carbons (Fsp3) is 0.905. The van der Waals surface area contributed by atoms with Gasteiger partial charge in [0.2, 0.25) is 5.91 Å². The molecule has 0 aromatic heterocycles. The zero-order valence-electron chi connectivity index (χ0n) is 18.2. The number of rotatable bonds is 5. The SMILES string of the molecule is CC(C)CN=C(NC(=O)C1CCC(Cl)C(F)C1)NC1CC(C2CC(F)CC(F)C2)NN1. The van der Waals surface area contributed by atoms with E-state index in [0.717, 1.165) is 0 Å². The van der Waals surface area contributed by atoms with E-state index in [9.17, 15) is 18.0 Å². The highest BCUT2D eigenvalue weighted by atomic mass is 35.5. The molecule has 0 aromatic carbocycles. The van der Waals surface area contributed by atoms with Crippen molar-refractivity contribution in [2.45, 2.75) is 94.9 Å². The number of alkyl halides is 4. The molecular weight excluding hydrogens is 431 g/mol. The topological polar surface area (TPSA) is 77.5 Å². The maximum Gasteiger partial charge on any atom is 0.229 e. The first-order chi connectivity index (χ1) is 14.7. The molecule has 7 atom stereocenters. The number of nitrogens with zero attached hydrogens (tertiary/aromatic N) is 1. The van der Waals surface area contributed by atoms with Crippen LogP contribution in [0.5, 0.6) is 0 Å². The zero-order valence-corrected chi connectivity index (χ0v) is 19.0. The summed E-state index contributed by atoms with van der Waals surface area (Å²) in [4.78, 5) is 17.2. The number of amides is 1. The molecule has 1 heterocycles. The van der Waals surface area contributed by atoms with Gasteiger partial charge in [-0.3, -0.25) is 20.5 Å². The molecule has 0 bridgehead atoms. The van der Waals surface area contributed by atoms with Crippen molar-refractivity contribution >= 4 is 23.5 Å². The second-order valence-corrected chi connectivity index (χ2v) is 10.2. The van der Waals surface area contributed by atoms with Crippen LogP contribution >= 0.6 is 11.6 Å². The second-order valence-electron chi connectivity index (χ2n) is 9.60. The van der Waals surface area contributed by atoms with E-state index in [4.69, 9.17) is 11.6 Å². The van der Waals surface area contributed by atoms with Gasteiger partial charge in [-0.1, -0.05) is 13.8 Å². The molecule has 1 amide bonds. The van der Waals surface area contributed by atoms with Crippen LogP contribution in [0.4, 0.5) is 13.2 Å². The van der Waals surface area contributed by atoms with Gasteiger partial charge in [-0.05, 0) is 50.4 Å². The van der Waals surface area contributed by atoms with Gasteiger partial charge in [-0.2, -0.15) is 0 Å². The summed E-state index contributed by atoms with van der Waals surface area (Å²) in [6, 6.07) is -0.0670. The molecule has 4 N–H and O–H groups in total. The summed E-state index contributed by atoms with van der Waals surface area (Å²) in [6.45, 7) is 4.56. The van der Waals surface area contributed by atoms with E-state index in [1.807, 2.05) is 13.8 Å². The molecule has 2 aliphatic carbocycles. The van der Waals surface area contributed by atoms with Gasteiger partial charge in [0.25, 0.3) is 0 Å². The molecule has 1 saturated heterocycles. The molecule has 7 unspecified atom stereocenters. The van der Waals surface area contributed by atoms with Crippen molar-refractivity contribution in [2.75, 3.05) is 6.54 Å². The van der Waals surface area contributed by atoms with Crippen molar-refractivity contribution in [3.63, 3.8) is 0 Å². The monoisotopic (exact) mass is 465 g/mol. The fourth-order valence-corrected chi connectivity index (χ4v) is 4.86. The van der Waals surface area contributed by atoms with E-state index in [-0.39, 0.29) is 36.9 Å². The van der Waals surface area contributed by atoms with Crippen LogP contribution in [0, 0.1) is 17.8 Å². The van der Waals surface area contributed by atoms with Crippen LogP contribution in [-0.2, 0) is 4.79 Å². The van der Waals surface area contributed by atoms with Gasteiger partial charge in [0.1, 0.15) is 18.5 Å². The first kappa shape index (κ1) is 24.6. The Labute approximate surface area is 187 Å². The molecule has 3 rings (SSSR count). The molecule has 6 nitrogen and oxygen atoms in total. The number of hydrogen-bond acceptors (Lipinski definition) is 4. The van der Waals surface area contributed by atoms with E-state index in [1.54, 1.807) is 0 Å². The Bertz CT molecular complexity index is 630. The largest absolute Gasteiger partial charge is 0.339 e. The van der Waals surface area contributed by atoms with Crippen molar-refractivity contribution in [1.29, 1.82) is 0 Å². The first-order valence-corrected chi connectivity index (χ1v) is 11.8. The molecule has 3 aliphatic rings. The standard InChI is InChI=1S/C21H35ClF3N5O/c1-11(2)10-26-21(28-20(31)12-3-4-16(22)17(25)7-12)27-19-9-18(29-30-19)13-5-14(23)8-15(24)6-13/h11-19,29-30H,3-10H2,1-2H3,(H2,26,27,28,31). The number of hydrazine groups is 1. The predicted octanol–water partition coefficient (Wildman–Crippen LogP) is 3.12. The van der Waals surface area contributed by atoms with E-state index >= 15 is 0 Å². The summed E-state index contributed by atoms with van der Waals surface area (Å²) in [5.74, 6) is -0.170. The van der Waals surface area contributed by atoms with Crippen molar-refractivity contribution in [3.8, 4) is 0 Å². The first-order valence-electron chi connectivity index (χ1n) is 11.4. The summed E-state index contributed by atoms with van der Waals surface area (Å²) < 4.78 is 41.5. The number of guanidine groups is 1. The molecule has 178 valence electrons. The van der Waals surface area contributed by atoms with Crippen LogP contribution in [0.1, 0.15) is 58.8 Å². The van der Waals surface area contributed by atoms with Crippen molar-refractivity contribution in [3.05, 3.63) is 0 Å². The van der Waals surface area contributed by atoms with Gasteiger partial charge in [-0.15, -0.1) is 11.6 Å². The lowest BCUT2D eigenvalue weighted by Gasteiger charge is -2.31. The molecule has 0 spiro atoms. The van der Waals surface area contributed by atoms with Crippen molar-refractivity contribution in [2.24, 2.45) is 22.7 Å². The Kier molecular flexibility index (Phi) is 8.87. The van der Waals surface area contributed by atoms with Crippen molar-refractivity contribution < 1.29 is 18.0 Å². The minimum Gasteiger partial charge on any atom is -0.339 e. The highest BCUT2D eigenvalue weighted by Crippen LogP contribution is 2.33. The van der Waals surface area contributed by atoms with Gasteiger partial charge in [0, 0.05) is 24.9 Å². The Hall–Kier alpha value is -1.06. The number of carbonyl (C=O) groups is 1. The molecule has 0 radical (unpaired) electrons. The normalized spacial score (nSPS) is 39.5. The van der Waals surface area contributed by atoms with Crippen LogP contribution in [0.2, 0.25) is 0 Å². The molecule has 2 saturated carbocycles. The lowest BCUT2D eigenvalue weighted by Crippen LogP contribution is -2.52. The Morgan fingerprint density at radius 1 is 1.06 bits per heavy atom. The summed E-state index contributed by atoms with van der Waals surface area (Å²) in [5, 5.41) is 5.47. The van der Waals surface area contributed by atoms with Crippen molar-refractivity contribution in [1.82, 2.24) is 21.5 Å². The average molecular weight is 466 g/mol. The third kappa shape index (κ3) is 7.22. The van der Waals surface area contributed by atoms with Crippen LogP contribution in [0.15, 0.2) is 4.99 Å². The summed E-state index contributed by atoms with van der Waals surface area (Å²) in [5.41, 5.74) is 6.24. The number of nitrogens with one attached hydrogen (secondary N) is 4. The maximum atomic E-state index is 14.0. The highest BCUT2D eigenvalue weighted by Gasteiger charge is 2.38. The number of hydrogen-bond donors (Lipinski definition) is 4. The highest BCUT2D eigenvalue weighted by molar-refractivity contribution is 6.21. The van der Waals surface area contributed by atoms with Crippen LogP contribution in [0.25, 0.3) is 0 Å². The molecule has 0 aromatic rings. The number of halogens is 4. The zero-order chi connectivity index (χ0) is 22.5. The lowest BCUT2D eigenvalue weighted by molar-refractivity contribution is -0.125. The van der Waals surface area contributed by atoms with Crippen LogP contribution in [-0.4, -0.2) is 54.5 Å². The number of carbonyl (C=O) groups excluding carboxylic acids is 1. The fourth-order valence-electron chi connectivity index (χ4n) is 4.63. The Morgan fingerprint density at radius 2 is 1.77 bits per heavy atom. The summed E-state index contributed by atoms with van der Waals surface area (Å²) >= 11 is 5.93. The molecular formula is C21H35ClF3N5O. The van der Waals surface area contributed by atoms with E-state index in [1.165, 1.54) is 0 Å². The van der Waals surface area contributed by atoms with E-state index in [0.29, 0.717) is 50.5 Å². The number of aliphatic imine (C=N–C) groups is 1. The smallest absolute Gasteiger partial charge is 0.229 e. The lowest BCUT2D eigenvalue weighted by atomic mass is 9.81. The molecule has 31 heavy (non-hydrogen) atoms. The van der Waals surface area contributed by atoms with Gasteiger partial charge in [0.05, 0.1) is 11.5 Å². The Morgan fingerprint density at radius 3 is 2.42 bits per heavy atom. The van der Waals surface area contributed by atoms with E-state index in [2.05, 4.69) is 26.5 Å². The van der Waals surface area contributed by atoms with Gasteiger partial charge in [0.15, 0.2) is 5.96 Å². The minimum atomic E-state index is -1.19.